The molecule has 1 atom stereocenters. The summed E-state index contributed by atoms with van der Waals surface area (Å²) < 4.78 is 46.3. The number of nitrogens with one attached hydrogen (secondary N) is 1. The lowest BCUT2D eigenvalue weighted by Gasteiger charge is -2.19. The second kappa shape index (κ2) is 7.34. The van der Waals surface area contributed by atoms with Gasteiger partial charge in [0.2, 0.25) is 0 Å². The van der Waals surface area contributed by atoms with Crippen LogP contribution in [0.5, 0.6) is 0 Å². The number of methoxy groups -OCH3 is 1. The number of carbonyl (C=O) groups excluding carboxylic acids is 1. The molecule has 5 nitrogen and oxygen atoms in total. The first-order valence-electron chi connectivity index (χ1n) is 8.30. The van der Waals surface area contributed by atoms with E-state index in [1.807, 2.05) is 0 Å². The van der Waals surface area contributed by atoms with Crippen LogP contribution in [0.3, 0.4) is 0 Å². The number of benzene rings is 1. The summed E-state index contributed by atoms with van der Waals surface area (Å²) in [6.07, 6.45) is 1.77. The number of rotatable bonds is 5. The number of halogens is 4. The van der Waals surface area contributed by atoms with Crippen LogP contribution in [-0.2, 0) is 4.74 Å². The highest BCUT2D eigenvalue weighted by atomic mass is 35.5. The topological polar surface area (TPSA) is 64.1 Å². The highest BCUT2D eigenvalue weighted by Gasteiger charge is 2.31. The van der Waals surface area contributed by atoms with Crippen molar-refractivity contribution in [2.45, 2.75) is 38.6 Å². The molecule has 2 aromatic rings. The number of nitrogens with zero attached hydrogens (tertiary/aromatic N) is 2. The van der Waals surface area contributed by atoms with Crippen molar-refractivity contribution in [1.29, 1.82) is 0 Å². The van der Waals surface area contributed by atoms with Crippen molar-refractivity contribution < 1.29 is 22.7 Å². The van der Waals surface area contributed by atoms with Gasteiger partial charge >= 0.3 is 5.97 Å². The minimum Gasteiger partial charge on any atom is -0.464 e. The van der Waals surface area contributed by atoms with Gasteiger partial charge in [0, 0.05) is 17.0 Å². The average molecular weight is 400 g/mol. The number of esters is 1. The monoisotopic (exact) mass is 399 g/mol. The predicted octanol–water partition coefficient (Wildman–Crippen LogP) is 4.69. The second-order valence-corrected chi connectivity index (χ2v) is 6.80. The van der Waals surface area contributed by atoms with Crippen molar-refractivity contribution in [3.05, 3.63) is 51.2 Å². The minimum absolute atomic E-state index is 0.0854. The van der Waals surface area contributed by atoms with Crippen LogP contribution in [0.1, 0.15) is 59.2 Å². The largest absolute Gasteiger partial charge is 0.464 e. The van der Waals surface area contributed by atoms with Gasteiger partial charge < -0.3 is 10.1 Å². The molecule has 1 fully saturated rings. The molecule has 0 amide bonds. The van der Waals surface area contributed by atoms with Gasteiger partial charge in [-0.25, -0.2) is 27.9 Å². The third kappa shape index (κ3) is 3.71. The molecule has 1 aromatic carbocycles. The van der Waals surface area contributed by atoms with Crippen molar-refractivity contribution in [2.24, 2.45) is 0 Å². The Morgan fingerprint density at radius 1 is 1.30 bits per heavy atom. The summed E-state index contributed by atoms with van der Waals surface area (Å²) >= 11 is 6.22. The Hall–Kier alpha value is -2.35. The Morgan fingerprint density at radius 3 is 2.56 bits per heavy atom. The summed E-state index contributed by atoms with van der Waals surface area (Å²) in [5, 5.41) is 2.78. The maximum absolute atomic E-state index is 14.4. The molecule has 1 unspecified atom stereocenters. The summed E-state index contributed by atoms with van der Waals surface area (Å²) in [6.45, 7) is 2.70. The van der Waals surface area contributed by atoms with Gasteiger partial charge in [-0.05, 0) is 32.8 Å². The summed E-state index contributed by atoms with van der Waals surface area (Å²) in [5.41, 5.74) is -0.609. The number of anilines is 1. The molecule has 1 aromatic heterocycles. The Morgan fingerprint density at radius 2 is 1.96 bits per heavy atom. The second-order valence-electron chi connectivity index (χ2n) is 6.43. The molecule has 0 radical (unpaired) electrons. The molecule has 0 spiro atoms. The van der Waals surface area contributed by atoms with Crippen LogP contribution in [0, 0.1) is 24.4 Å². The van der Waals surface area contributed by atoms with Crippen LogP contribution >= 0.6 is 11.6 Å². The first-order valence-corrected chi connectivity index (χ1v) is 8.68. The Kier molecular flexibility index (Phi) is 5.28. The summed E-state index contributed by atoms with van der Waals surface area (Å²) in [6, 6.07) is -0.0169. The molecule has 0 aliphatic heterocycles. The zero-order valence-corrected chi connectivity index (χ0v) is 15.6. The van der Waals surface area contributed by atoms with Crippen LogP contribution in [-0.4, -0.2) is 23.0 Å². The van der Waals surface area contributed by atoms with Gasteiger partial charge in [0.1, 0.15) is 22.5 Å². The normalized spacial score (nSPS) is 14.8. The Bertz CT molecular complexity index is 919. The SMILES string of the molecule is COC(=O)c1nc(C2CC2)nc(NC(C)c2cc(F)c(F)c(C)c2F)c1Cl. The summed E-state index contributed by atoms with van der Waals surface area (Å²) in [4.78, 5) is 20.4. The van der Waals surface area contributed by atoms with Gasteiger partial charge in [-0.3, -0.25) is 0 Å². The molecule has 1 aliphatic carbocycles. The third-order valence-corrected chi connectivity index (χ3v) is 4.77. The van der Waals surface area contributed by atoms with Gasteiger partial charge in [-0.2, -0.15) is 0 Å². The van der Waals surface area contributed by atoms with E-state index in [1.54, 1.807) is 6.92 Å². The van der Waals surface area contributed by atoms with E-state index in [4.69, 9.17) is 11.6 Å². The highest BCUT2D eigenvalue weighted by Crippen LogP contribution is 2.40. The fraction of sp³-hybridized carbons (Fsp3) is 0.389. The van der Waals surface area contributed by atoms with Gasteiger partial charge in [0.05, 0.1) is 13.2 Å². The fourth-order valence-electron chi connectivity index (χ4n) is 2.67. The van der Waals surface area contributed by atoms with E-state index in [-0.39, 0.29) is 28.0 Å². The number of ether oxygens (including phenoxy) is 1. The average Bonchev–Trinajstić information content (AvgIpc) is 3.49. The standard InChI is InChI=1S/C18H17ClF3N3O2/c1-7-13(21)10(6-11(20)14(7)22)8(2)23-17-12(19)15(18(26)27-3)24-16(25-17)9-4-5-9/h6,8-9H,4-5H2,1-3H3,(H,23,24,25). The lowest BCUT2D eigenvalue weighted by Crippen LogP contribution is -2.16. The molecule has 1 heterocycles. The van der Waals surface area contributed by atoms with Crippen molar-refractivity contribution in [3.63, 3.8) is 0 Å². The molecule has 1 saturated carbocycles. The van der Waals surface area contributed by atoms with Crippen LogP contribution in [0.25, 0.3) is 0 Å². The number of hydrogen-bond donors (Lipinski definition) is 1. The van der Waals surface area contributed by atoms with E-state index in [2.05, 4.69) is 20.0 Å². The van der Waals surface area contributed by atoms with Crippen LogP contribution < -0.4 is 5.32 Å². The molecule has 9 heteroatoms. The summed E-state index contributed by atoms with van der Waals surface area (Å²) in [7, 11) is 1.20. The maximum Gasteiger partial charge on any atom is 0.358 e. The lowest BCUT2D eigenvalue weighted by atomic mass is 10.0. The molecule has 1 N–H and O–H groups in total. The third-order valence-electron chi connectivity index (χ3n) is 4.41. The highest BCUT2D eigenvalue weighted by molar-refractivity contribution is 6.35. The van der Waals surface area contributed by atoms with Gasteiger partial charge in [-0.1, -0.05) is 11.6 Å². The van der Waals surface area contributed by atoms with Gasteiger partial charge in [0.15, 0.2) is 17.3 Å². The van der Waals surface area contributed by atoms with Crippen LogP contribution in [0.4, 0.5) is 19.0 Å². The van der Waals surface area contributed by atoms with Crippen molar-refractivity contribution in [2.75, 3.05) is 12.4 Å². The minimum atomic E-state index is -1.23. The van der Waals surface area contributed by atoms with Gasteiger partial charge in [-0.15, -0.1) is 0 Å². The lowest BCUT2D eigenvalue weighted by molar-refractivity contribution is 0.0593. The molecule has 3 rings (SSSR count). The smallest absolute Gasteiger partial charge is 0.358 e. The maximum atomic E-state index is 14.4. The van der Waals surface area contributed by atoms with Crippen LogP contribution in [0.15, 0.2) is 6.07 Å². The number of hydrogen-bond acceptors (Lipinski definition) is 5. The molecule has 0 saturated heterocycles. The van der Waals surface area contributed by atoms with E-state index >= 15 is 0 Å². The molecular weight excluding hydrogens is 383 g/mol. The van der Waals surface area contributed by atoms with Crippen LogP contribution in [0.2, 0.25) is 5.02 Å². The first-order chi connectivity index (χ1) is 12.7. The van der Waals surface area contributed by atoms with Gasteiger partial charge in [0.25, 0.3) is 0 Å². The Labute approximate surface area is 158 Å². The van der Waals surface area contributed by atoms with E-state index in [1.165, 1.54) is 7.11 Å². The molecular formula is C18H17ClF3N3O2. The molecule has 27 heavy (non-hydrogen) atoms. The van der Waals surface area contributed by atoms with E-state index in [9.17, 15) is 18.0 Å². The number of aromatic nitrogens is 2. The predicted molar refractivity (Wildman–Crippen MR) is 93.4 cm³/mol. The molecule has 144 valence electrons. The fourth-order valence-corrected chi connectivity index (χ4v) is 2.89. The van der Waals surface area contributed by atoms with Crippen molar-refractivity contribution in [1.82, 2.24) is 9.97 Å². The Balaban J connectivity index is 2.00. The summed E-state index contributed by atoms with van der Waals surface area (Å²) in [5.74, 6) is -3.33. The zero-order chi connectivity index (χ0) is 19.9. The van der Waals surface area contributed by atoms with Crippen molar-refractivity contribution >= 4 is 23.4 Å². The first kappa shape index (κ1) is 19.4. The van der Waals surface area contributed by atoms with E-state index in [0.717, 1.165) is 25.8 Å². The molecule has 0 bridgehead atoms. The zero-order valence-electron chi connectivity index (χ0n) is 14.9. The number of carbonyl (C=O) groups is 1. The quantitative estimate of drug-likeness (QED) is 0.583. The van der Waals surface area contributed by atoms with Crippen molar-refractivity contribution in [3.8, 4) is 0 Å². The van der Waals surface area contributed by atoms with E-state index < -0.39 is 35.0 Å². The van der Waals surface area contributed by atoms with E-state index in [0.29, 0.717) is 5.82 Å². The molecule has 1 aliphatic rings.